The van der Waals surface area contributed by atoms with E-state index in [0.717, 1.165) is 6.07 Å². The number of fused-ring (bicyclic) bond motifs is 1. The third kappa shape index (κ3) is 2.25. The zero-order chi connectivity index (χ0) is 12.4. The van der Waals surface area contributed by atoms with E-state index in [1.165, 1.54) is 0 Å². The SMILES string of the molecule is O=C(O)CCCc1c(O)c(F)cc2c1OCO2. The van der Waals surface area contributed by atoms with Crippen molar-refractivity contribution in [3.63, 3.8) is 0 Å². The minimum Gasteiger partial charge on any atom is -0.505 e. The maximum Gasteiger partial charge on any atom is 0.303 e. The summed E-state index contributed by atoms with van der Waals surface area (Å²) in [6, 6.07) is 1.05. The number of aromatic hydroxyl groups is 1. The molecule has 0 aliphatic carbocycles. The van der Waals surface area contributed by atoms with E-state index in [-0.39, 0.29) is 30.9 Å². The number of hydrogen-bond donors (Lipinski definition) is 2. The molecule has 5 nitrogen and oxygen atoms in total. The van der Waals surface area contributed by atoms with Crippen LogP contribution in [-0.2, 0) is 11.2 Å². The molecule has 0 saturated carbocycles. The number of carbonyl (C=O) groups is 1. The molecule has 0 atom stereocenters. The molecule has 1 aromatic rings. The average Bonchev–Trinajstić information content (AvgIpc) is 2.70. The Morgan fingerprint density at radius 1 is 1.47 bits per heavy atom. The molecule has 2 N–H and O–H groups in total. The smallest absolute Gasteiger partial charge is 0.303 e. The Morgan fingerprint density at radius 3 is 2.94 bits per heavy atom. The number of ether oxygens (including phenoxy) is 2. The number of carboxylic acid groups (broad SMARTS) is 1. The van der Waals surface area contributed by atoms with E-state index < -0.39 is 17.5 Å². The van der Waals surface area contributed by atoms with Crippen LogP contribution < -0.4 is 9.47 Å². The Hall–Kier alpha value is -1.98. The summed E-state index contributed by atoms with van der Waals surface area (Å²) in [4.78, 5) is 10.4. The van der Waals surface area contributed by atoms with Gasteiger partial charge in [0.25, 0.3) is 0 Å². The molecule has 0 aromatic heterocycles. The zero-order valence-corrected chi connectivity index (χ0v) is 8.90. The summed E-state index contributed by atoms with van der Waals surface area (Å²) in [5.41, 5.74) is 0.263. The zero-order valence-electron chi connectivity index (χ0n) is 8.90. The first-order chi connectivity index (χ1) is 8.09. The first-order valence-corrected chi connectivity index (χ1v) is 5.11. The Labute approximate surface area is 96.4 Å². The Balaban J connectivity index is 2.23. The standard InChI is InChI=1S/C11H11FO5/c12-7-4-8-11(17-5-16-8)6(10(7)15)2-1-3-9(13)14/h4,15H,1-3,5H2,(H,13,14). The predicted molar refractivity (Wildman–Crippen MR) is 54.8 cm³/mol. The molecular formula is C11H11FO5. The second-order valence-electron chi connectivity index (χ2n) is 3.67. The van der Waals surface area contributed by atoms with Crippen LogP contribution >= 0.6 is 0 Å². The van der Waals surface area contributed by atoms with Crippen LogP contribution in [0.3, 0.4) is 0 Å². The predicted octanol–water partition coefficient (Wildman–Crippen LogP) is 1.67. The van der Waals surface area contributed by atoms with Crippen molar-refractivity contribution in [3.8, 4) is 17.2 Å². The molecule has 0 fully saturated rings. The van der Waals surface area contributed by atoms with Gasteiger partial charge in [0.05, 0.1) is 0 Å². The van der Waals surface area contributed by atoms with E-state index in [0.29, 0.717) is 12.2 Å². The van der Waals surface area contributed by atoms with Crippen molar-refractivity contribution in [2.75, 3.05) is 6.79 Å². The normalized spacial score (nSPS) is 12.8. The second-order valence-corrected chi connectivity index (χ2v) is 3.67. The van der Waals surface area contributed by atoms with Gasteiger partial charge < -0.3 is 19.7 Å². The molecule has 0 saturated heterocycles. The van der Waals surface area contributed by atoms with E-state index in [2.05, 4.69) is 0 Å². The minimum absolute atomic E-state index is 0.0237. The van der Waals surface area contributed by atoms with Crippen LogP contribution in [0, 0.1) is 5.82 Å². The fraction of sp³-hybridized carbons (Fsp3) is 0.364. The van der Waals surface area contributed by atoms with Crippen LogP contribution in [0.5, 0.6) is 17.2 Å². The minimum atomic E-state index is -0.935. The number of benzene rings is 1. The summed E-state index contributed by atoms with van der Waals surface area (Å²) in [5, 5.41) is 18.1. The molecule has 92 valence electrons. The summed E-state index contributed by atoms with van der Waals surface area (Å²) < 4.78 is 23.5. The highest BCUT2D eigenvalue weighted by Crippen LogP contribution is 2.42. The van der Waals surface area contributed by atoms with Gasteiger partial charge in [0, 0.05) is 18.1 Å². The fourth-order valence-corrected chi connectivity index (χ4v) is 1.72. The van der Waals surface area contributed by atoms with Gasteiger partial charge in [-0.15, -0.1) is 0 Å². The largest absolute Gasteiger partial charge is 0.505 e. The topological polar surface area (TPSA) is 76.0 Å². The number of hydrogen-bond acceptors (Lipinski definition) is 4. The van der Waals surface area contributed by atoms with Crippen LogP contribution in [0.1, 0.15) is 18.4 Å². The van der Waals surface area contributed by atoms with Crippen LogP contribution in [0.4, 0.5) is 4.39 Å². The third-order valence-corrected chi connectivity index (χ3v) is 2.50. The molecule has 1 aliphatic rings. The second kappa shape index (κ2) is 4.48. The van der Waals surface area contributed by atoms with Crippen molar-refractivity contribution in [1.82, 2.24) is 0 Å². The lowest BCUT2D eigenvalue weighted by atomic mass is 10.0. The van der Waals surface area contributed by atoms with Crippen molar-refractivity contribution in [3.05, 3.63) is 17.4 Å². The van der Waals surface area contributed by atoms with E-state index in [1.54, 1.807) is 0 Å². The van der Waals surface area contributed by atoms with E-state index >= 15 is 0 Å². The quantitative estimate of drug-likeness (QED) is 0.839. The van der Waals surface area contributed by atoms with Crippen molar-refractivity contribution in [2.24, 2.45) is 0 Å². The number of phenolic OH excluding ortho intramolecular Hbond substituents is 1. The number of rotatable bonds is 4. The average molecular weight is 242 g/mol. The number of carboxylic acids is 1. The molecule has 0 unspecified atom stereocenters. The summed E-state index contributed by atoms with van der Waals surface area (Å²) in [6.45, 7) is -0.0237. The van der Waals surface area contributed by atoms with Crippen molar-refractivity contribution < 1.29 is 28.9 Å². The van der Waals surface area contributed by atoms with Gasteiger partial charge in [-0.2, -0.15) is 0 Å². The molecule has 2 rings (SSSR count). The summed E-state index contributed by atoms with van der Waals surface area (Å²) in [5.74, 6) is -1.69. The highest BCUT2D eigenvalue weighted by atomic mass is 19.1. The first-order valence-electron chi connectivity index (χ1n) is 5.11. The first kappa shape index (κ1) is 11.5. The molecule has 6 heteroatoms. The Morgan fingerprint density at radius 2 is 2.24 bits per heavy atom. The van der Waals surface area contributed by atoms with Crippen molar-refractivity contribution >= 4 is 5.97 Å². The summed E-state index contributed by atoms with van der Waals surface area (Å²) in [6.07, 6.45) is 0.468. The van der Waals surface area contributed by atoms with Gasteiger partial charge in [0.15, 0.2) is 23.1 Å². The van der Waals surface area contributed by atoms with Gasteiger partial charge in [-0.3, -0.25) is 4.79 Å². The fourth-order valence-electron chi connectivity index (χ4n) is 1.72. The van der Waals surface area contributed by atoms with Crippen LogP contribution in [0.2, 0.25) is 0 Å². The van der Waals surface area contributed by atoms with Crippen LogP contribution in [0.25, 0.3) is 0 Å². The third-order valence-electron chi connectivity index (χ3n) is 2.50. The van der Waals surface area contributed by atoms with Gasteiger partial charge in [-0.1, -0.05) is 0 Å². The van der Waals surface area contributed by atoms with Crippen molar-refractivity contribution in [2.45, 2.75) is 19.3 Å². The molecule has 1 heterocycles. The number of aliphatic carboxylic acids is 1. The molecule has 1 aliphatic heterocycles. The summed E-state index contributed by atoms with van der Waals surface area (Å²) in [7, 11) is 0. The highest BCUT2D eigenvalue weighted by Gasteiger charge is 2.24. The van der Waals surface area contributed by atoms with Crippen molar-refractivity contribution in [1.29, 1.82) is 0 Å². The number of phenols is 1. The Kier molecular flexibility index (Phi) is 3.03. The maximum absolute atomic E-state index is 13.3. The lowest BCUT2D eigenvalue weighted by Gasteiger charge is -2.08. The molecule has 0 spiro atoms. The number of halogens is 1. The monoisotopic (exact) mass is 242 g/mol. The maximum atomic E-state index is 13.3. The molecule has 17 heavy (non-hydrogen) atoms. The van der Waals surface area contributed by atoms with Gasteiger partial charge in [0.1, 0.15) is 0 Å². The Bertz CT molecular complexity index is 458. The highest BCUT2D eigenvalue weighted by molar-refractivity contribution is 5.66. The van der Waals surface area contributed by atoms with Gasteiger partial charge >= 0.3 is 5.97 Å². The molecular weight excluding hydrogens is 231 g/mol. The van der Waals surface area contributed by atoms with Gasteiger partial charge in [-0.25, -0.2) is 4.39 Å². The molecule has 0 amide bonds. The van der Waals surface area contributed by atoms with Crippen LogP contribution in [-0.4, -0.2) is 23.0 Å². The van der Waals surface area contributed by atoms with E-state index in [4.69, 9.17) is 14.6 Å². The molecule has 0 radical (unpaired) electrons. The summed E-state index contributed by atoms with van der Waals surface area (Å²) >= 11 is 0. The molecule has 0 bridgehead atoms. The van der Waals surface area contributed by atoms with Gasteiger partial charge in [0.2, 0.25) is 6.79 Å². The van der Waals surface area contributed by atoms with Gasteiger partial charge in [-0.05, 0) is 12.8 Å². The van der Waals surface area contributed by atoms with E-state index in [1.807, 2.05) is 0 Å². The van der Waals surface area contributed by atoms with E-state index in [9.17, 15) is 14.3 Å². The lowest BCUT2D eigenvalue weighted by molar-refractivity contribution is -0.137. The molecule has 1 aromatic carbocycles. The lowest BCUT2D eigenvalue weighted by Crippen LogP contribution is -1.98. The van der Waals surface area contributed by atoms with Crippen LogP contribution in [0.15, 0.2) is 6.07 Å².